The van der Waals surface area contributed by atoms with E-state index in [1.165, 1.54) is 70.6 Å². The third kappa shape index (κ3) is 5.77. The second-order valence-electron chi connectivity index (χ2n) is 7.53. The van der Waals surface area contributed by atoms with Crippen molar-refractivity contribution in [1.82, 2.24) is 0 Å². The largest absolute Gasteiger partial charge is 0.377 e. The van der Waals surface area contributed by atoms with Crippen LogP contribution in [0, 0.1) is 23.7 Å². The van der Waals surface area contributed by atoms with Gasteiger partial charge >= 0.3 is 0 Å². The summed E-state index contributed by atoms with van der Waals surface area (Å²) in [5, 5.41) is 0. The van der Waals surface area contributed by atoms with Gasteiger partial charge in [0.25, 0.3) is 0 Å². The second kappa shape index (κ2) is 9.66. The van der Waals surface area contributed by atoms with Crippen molar-refractivity contribution < 1.29 is 4.74 Å². The van der Waals surface area contributed by atoms with E-state index in [9.17, 15) is 0 Å². The van der Waals surface area contributed by atoms with Gasteiger partial charge in [-0.25, -0.2) is 0 Å². The first-order chi connectivity index (χ1) is 10.3. The summed E-state index contributed by atoms with van der Waals surface area (Å²) in [7, 11) is 0. The van der Waals surface area contributed by atoms with Crippen LogP contribution in [-0.2, 0) is 4.74 Å². The van der Waals surface area contributed by atoms with Gasteiger partial charge in [0.15, 0.2) is 0 Å². The summed E-state index contributed by atoms with van der Waals surface area (Å²) in [6.07, 6.45) is 18.0. The first-order valence-corrected chi connectivity index (χ1v) is 9.52. The molecule has 0 spiro atoms. The normalized spacial score (nSPS) is 33.8. The van der Waals surface area contributed by atoms with Crippen LogP contribution < -0.4 is 0 Å². The molecule has 0 unspecified atom stereocenters. The van der Waals surface area contributed by atoms with Gasteiger partial charge in [-0.3, -0.25) is 0 Å². The minimum absolute atomic E-state index is 0.724. The van der Waals surface area contributed by atoms with Crippen molar-refractivity contribution in [3.8, 4) is 0 Å². The van der Waals surface area contributed by atoms with E-state index in [4.69, 9.17) is 4.74 Å². The van der Waals surface area contributed by atoms with Crippen LogP contribution in [0.4, 0.5) is 0 Å². The zero-order valence-corrected chi connectivity index (χ0v) is 14.2. The molecular formula is C20H36O. The van der Waals surface area contributed by atoms with Gasteiger partial charge in [-0.2, -0.15) is 0 Å². The van der Waals surface area contributed by atoms with E-state index in [0.29, 0.717) is 0 Å². The molecule has 0 aliphatic heterocycles. The van der Waals surface area contributed by atoms with Gasteiger partial charge in [0.05, 0.1) is 6.61 Å². The minimum Gasteiger partial charge on any atom is -0.377 e. The molecule has 0 atom stereocenters. The van der Waals surface area contributed by atoms with Crippen LogP contribution in [0.2, 0.25) is 0 Å². The van der Waals surface area contributed by atoms with Crippen LogP contribution in [0.15, 0.2) is 12.7 Å². The second-order valence-corrected chi connectivity index (χ2v) is 7.53. The Bertz CT molecular complexity index is 270. The number of unbranched alkanes of at least 4 members (excludes halogenated alkanes) is 1. The predicted octanol–water partition coefficient (Wildman–Crippen LogP) is 5.99. The molecule has 0 aromatic rings. The Morgan fingerprint density at radius 2 is 1.48 bits per heavy atom. The summed E-state index contributed by atoms with van der Waals surface area (Å²) in [5.74, 6) is 3.97. The van der Waals surface area contributed by atoms with E-state index in [-0.39, 0.29) is 0 Å². The van der Waals surface area contributed by atoms with Gasteiger partial charge in [0, 0.05) is 6.61 Å². The Morgan fingerprint density at radius 3 is 2.00 bits per heavy atom. The van der Waals surface area contributed by atoms with Gasteiger partial charge in [-0.1, -0.05) is 45.1 Å². The molecule has 0 N–H and O–H groups in total. The monoisotopic (exact) mass is 292 g/mol. The highest BCUT2D eigenvalue weighted by Crippen LogP contribution is 2.42. The van der Waals surface area contributed by atoms with Gasteiger partial charge in [-0.15, -0.1) is 6.58 Å². The van der Waals surface area contributed by atoms with Crippen molar-refractivity contribution in [2.24, 2.45) is 23.7 Å². The lowest BCUT2D eigenvalue weighted by Crippen LogP contribution is -2.27. The maximum absolute atomic E-state index is 5.64. The summed E-state index contributed by atoms with van der Waals surface area (Å²) < 4.78 is 5.64. The van der Waals surface area contributed by atoms with E-state index in [0.717, 1.165) is 36.9 Å². The van der Waals surface area contributed by atoms with Crippen molar-refractivity contribution in [3.05, 3.63) is 12.7 Å². The highest BCUT2D eigenvalue weighted by atomic mass is 16.5. The maximum atomic E-state index is 5.64. The number of hydrogen-bond donors (Lipinski definition) is 0. The lowest BCUT2D eigenvalue weighted by Gasteiger charge is -2.37. The summed E-state index contributed by atoms with van der Waals surface area (Å²) in [6, 6.07) is 0. The highest BCUT2D eigenvalue weighted by molar-refractivity contribution is 4.82. The molecule has 2 rings (SSSR count). The lowest BCUT2D eigenvalue weighted by molar-refractivity contribution is 0.0780. The van der Waals surface area contributed by atoms with Gasteiger partial charge in [0.2, 0.25) is 0 Å². The smallest absolute Gasteiger partial charge is 0.0644 e. The Balaban J connectivity index is 1.61. The third-order valence-corrected chi connectivity index (χ3v) is 6.00. The summed E-state index contributed by atoms with van der Waals surface area (Å²) in [4.78, 5) is 0. The standard InChI is InChI=1S/C20H36O/c1-3-5-6-17-7-11-19(12-8-17)20-13-9-18(10-14-20)16-21-15-4-2/h4,17-20H,2-3,5-16H2,1H3/t17?,18-,19?,20-. The average Bonchev–Trinajstić information content (AvgIpc) is 2.54. The van der Waals surface area contributed by atoms with Crippen molar-refractivity contribution in [3.63, 3.8) is 0 Å². The molecule has 0 heterocycles. The van der Waals surface area contributed by atoms with Crippen molar-refractivity contribution in [1.29, 1.82) is 0 Å². The number of rotatable bonds is 8. The first-order valence-electron chi connectivity index (χ1n) is 9.52. The molecule has 1 heteroatoms. The molecule has 0 bridgehead atoms. The van der Waals surface area contributed by atoms with Crippen molar-refractivity contribution >= 4 is 0 Å². The Labute approximate surface area is 132 Å². The molecule has 2 aliphatic rings. The summed E-state index contributed by atoms with van der Waals surface area (Å²) in [6.45, 7) is 7.72. The van der Waals surface area contributed by atoms with Crippen LogP contribution in [-0.4, -0.2) is 13.2 Å². The molecule has 21 heavy (non-hydrogen) atoms. The molecule has 0 aromatic carbocycles. The maximum Gasteiger partial charge on any atom is 0.0644 e. The SMILES string of the molecule is C=CCOC[C@H]1CC[C@H](C2CCC(CCCC)CC2)CC1. The zero-order valence-electron chi connectivity index (χ0n) is 14.2. The Hall–Kier alpha value is -0.300. The molecule has 2 aliphatic carbocycles. The number of ether oxygens (including phenoxy) is 1. The molecule has 0 amide bonds. The van der Waals surface area contributed by atoms with Crippen molar-refractivity contribution in [2.45, 2.75) is 77.6 Å². The van der Waals surface area contributed by atoms with E-state index in [2.05, 4.69) is 13.5 Å². The average molecular weight is 293 g/mol. The van der Waals surface area contributed by atoms with E-state index in [1.807, 2.05) is 6.08 Å². The lowest BCUT2D eigenvalue weighted by atomic mass is 9.69. The fraction of sp³-hybridized carbons (Fsp3) is 0.900. The Morgan fingerprint density at radius 1 is 0.905 bits per heavy atom. The van der Waals surface area contributed by atoms with Crippen LogP contribution in [0.5, 0.6) is 0 Å². The molecule has 0 saturated heterocycles. The fourth-order valence-electron chi connectivity index (χ4n) is 4.59. The van der Waals surface area contributed by atoms with Crippen LogP contribution in [0.1, 0.15) is 77.6 Å². The highest BCUT2D eigenvalue weighted by Gasteiger charge is 2.30. The summed E-state index contributed by atoms with van der Waals surface area (Å²) in [5.41, 5.74) is 0. The quantitative estimate of drug-likeness (QED) is 0.394. The van der Waals surface area contributed by atoms with Crippen molar-refractivity contribution in [2.75, 3.05) is 13.2 Å². The molecule has 122 valence electrons. The summed E-state index contributed by atoms with van der Waals surface area (Å²) >= 11 is 0. The molecule has 2 fully saturated rings. The van der Waals surface area contributed by atoms with Crippen LogP contribution in [0.3, 0.4) is 0 Å². The molecular weight excluding hydrogens is 256 g/mol. The molecule has 0 radical (unpaired) electrons. The first kappa shape index (κ1) is 17.1. The Kier molecular flexibility index (Phi) is 7.85. The van der Waals surface area contributed by atoms with Gasteiger partial charge in [0.1, 0.15) is 0 Å². The number of hydrogen-bond acceptors (Lipinski definition) is 1. The third-order valence-electron chi connectivity index (χ3n) is 6.00. The van der Waals surface area contributed by atoms with Crippen LogP contribution >= 0.6 is 0 Å². The molecule has 0 aromatic heterocycles. The fourth-order valence-corrected chi connectivity index (χ4v) is 4.59. The zero-order chi connectivity index (χ0) is 14.9. The van der Waals surface area contributed by atoms with E-state index in [1.54, 1.807) is 0 Å². The van der Waals surface area contributed by atoms with Crippen LogP contribution in [0.25, 0.3) is 0 Å². The minimum atomic E-state index is 0.724. The predicted molar refractivity (Wildman–Crippen MR) is 91.4 cm³/mol. The van der Waals surface area contributed by atoms with Gasteiger partial charge < -0.3 is 4.74 Å². The van der Waals surface area contributed by atoms with Gasteiger partial charge in [-0.05, 0) is 62.2 Å². The molecule has 1 nitrogen and oxygen atoms in total. The van der Waals surface area contributed by atoms with E-state index < -0.39 is 0 Å². The van der Waals surface area contributed by atoms with E-state index >= 15 is 0 Å². The molecule has 2 saturated carbocycles. The topological polar surface area (TPSA) is 9.23 Å².